The van der Waals surface area contributed by atoms with Crippen LogP contribution in [0.15, 0.2) is 4.99 Å². The van der Waals surface area contributed by atoms with Crippen molar-refractivity contribution in [2.45, 2.75) is 38.9 Å². The fourth-order valence-corrected chi connectivity index (χ4v) is 4.91. The monoisotopic (exact) mass is 280 g/mol. The highest BCUT2D eigenvalue weighted by molar-refractivity contribution is 8.14. The molecule has 2 amide bonds. The number of aliphatic imine (C=N–C) groups is 1. The zero-order valence-corrected chi connectivity index (χ0v) is 11.8. The predicted molar refractivity (Wildman–Crippen MR) is 70.7 cm³/mol. The molecule has 5 nitrogen and oxygen atoms in total. The molecule has 0 aromatic rings. The van der Waals surface area contributed by atoms with E-state index < -0.39 is 10.8 Å². The first-order chi connectivity index (χ1) is 9.01. The van der Waals surface area contributed by atoms with Gasteiger partial charge in [-0.05, 0) is 26.7 Å². The van der Waals surface area contributed by atoms with Crippen molar-refractivity contribution in [2.75, 3.05) is 12.3 Å². The molecule has 3 fully saturated rings. The lowest BCUT2D eigenvalue weighted by Gasteiger charge is -2.36. The van der Waals surface area contributed by atoms with E-state index in [1.807, 2.05) is 13.8 Å². The fourth-order valence-electron chi connectivity index (χ4n) is 4.06. The van der Waals surface area contributed by atoms with Crippen LogP contribution in [0.1, 0.15) is 26.7 Å². The molecule has 0 radical (unpaired) electrons. The van der Waals surface area contributed by atoms with Gasteiger partial charge >= 0.3 is 0 Å². The number of ether oxygens (including phenoxy) is 1. The maximum atomic E-state index is 12.8. The summed E-state index contributed by atoms with van der Waals surface area (Å²) in [6, 6.07) is 0. The Morgan fingerprint density at radius 3 is 2.26 bits per heavy atom. The van der Waals surface area contributed by atoms with Crippen molar-refractivity contribution in [3.63, 3.8) is 0 Å². The van der Waals surface area contributed by atoms with Crippen LogP contribution in [0.5, 0.6) is 0 Å². The Labute approximate surface area is 115 Å². The summed E-state index contributed by atoms with van der Waals surface area (Å²) in [6.07, 6.45) is 1.53. The largest absolute Gasteiger partial charge is 0.373 e. The molecule has 4 heterocycles. The molecule has 4 atom stereocenters. The SMILES string of the molecule is C[C@@]12C(=O)N(C3=NCCS3)C(=O)[C@]1(C)[C@@H]1CC[C@H]2O1. The summed E-state index contributed by atoms with van der Waals surface area (Å²) >= 11 is 1.50. The molecule has 3 saturated heterocycles. The molecule has 0 N–H and O–H groups in total. The number of carbonyl (C=O) groups excluding carboxylic acids is 2. The van der Waals surface area contributed by atoms with E-state index in [1.54, 1.807) is 0 Å². The number of hydrogen-bond acceptors (Lipinski definition) is 5. The van der Waals surface area contributed by atoms with Gasteiger partial charge in [-0.1, -0.05) is 11.8 Å². The van der Waals surface area contributed by atoms with Crippen molar-refractivity contribution in [3.05, 3.63) is 0 Å². The number of likely N-dealkylation sites (tertiary alicyclic amines) is 1. The van der Waals surface area contributed by atoms with Crippen molar-refractivity contribution >= 4 is 28.7 Å². The van der Waals surface area contributed by atoms with Gasteiger partial charge in [0, 0.05) is 5.75 Å². The second kappa shape index (κ2) is 3.41. The van der Waals surface area contributed by atoms with E-state index in [2.05, 4.69) is 4.99 Å². The topological polar surface area (TPSA) is 59.0 Å². The highest BCUT2D eigenvalue weighted by Crippen LogP contribution is 2.64. The molecular weight excluding hydrogens is 264 g/mol. The van der Waals surface area contributed by atoms with E-state index in [0.29, 0.717) is 11.7 Å². The standard InChI is InChI=1S/C13H16N2O3S/c1-12-7-3-4-8(18-7)13(12,2)10(17)15(9(12)16)11-14-5-6-19-11/h7-8H,3-6H2,1-2H3/t7-,8+,12-,13+. The average Bonchev–Trinajstić information content (AvgIpc) is 3.11. The number of fused-ring (bicyclic) bond motifs is 5. The van der Waals surface area contributed by atoms with Crippen LogP contribution in [0.3, 0.4) is 0 Å². The predicted octanol–water partition coefficient (Wildman–Crippen LogP) is 1.03. The van der Waals surface area contributed by atoms with Gasteiger partial charge in [-0.2, -0.15) is 0 Å². The highest BCUT2D eigenvalue weighted by atomic mass is 32.2. The normalized spacial score (nSPS) is 48.1. The third-order valence-electron chi connectivity index (χ3n) is 5.44. The number of thioether (sulfide) groups is 1. The third kappa shape index (κ3) is 1.08. The van der Waals surface area contributed by atoms with Gasteiger partial charge in [-0.3, -0.25) is 14.6 Å². The quantitative estimate of drug-likeness (QED) is 0.622. The fraction of sp³-hybridized carbons (Fsp3) is 0.769. The van der Waals surface area contributed by atoms with Crippen LogP contribution in [0.4, 0.5) is 0 Å². The number of amides is 2. The van der Waals surface area contributed by atoms with E-state index in [0.717, 1.165) is 18.6 Å². The van der Waals surface area contributed by atoms with Crippen molar-refractivity contribution < 1.29 is 14.3 Å². The van der Waals surface area contributed by atoms with Gasteiger partial charge in [0.15, 0.2) is 5.17 Å². The van der Waals surface area contributed by atoms with Crippen LogP contribution >= 0.6 is 11.8 Å². The summed E-state index contributed by atoms with van der Waals surface area (Å²) in [4.78, 5) is 31.3. The summed E-state index contributed by atoms with van der Waals surface area (Å²) in [5, 5.41) is 0.589. The van der Waals surface area contributed by atoms with Crippen molar-refractivity contribution in [3.8, 4) is 0 Å². The van der Waals surface area contributed by atoms with Gasteiger partial charge in [0.25, 0.3) is 0 Å². The molecule has 4 aliphatic heterocycles. The number of hydrogen-bond donors (Lipinski definition) is 0. The minimum absolute atomic E-state index is 0.111. The van der Waals surface area contributed by atoms with Crippen LogP contribution in [-0.4, -0.2) is 46.4 Å². The van der Waals surface area contributed by atoms with Crippen LogP contribution in [-0.2, 0) is 14.3 Å². The average molecular weight is 280 g/mol. The minimum Gasteiger partial charge on any atom is -0.373 e. The van der Waals surface area contributed by atoms with Gasteiger partial charge in [-0.15, -0.1) is 0 Å². The van der Waals surface area contributed by atoms with E-state index in [9.17, 15) is 9.59 Å². The molecule has 2 bridgehead atoms. The number of amidine groups is 1. The molecule has 102 valence electrons. The van der Waals surface area contributed by atoms with Gasteiger partial charge in [0.2, 0.25) is 11.8 Å². The smallest absolute Gasteiger partial charge is 0.245 e. The lowest BCUT2D eigenvalue weighted by Crippen LogP contribution is -2.48. The second-order valence-corrected chi connectivity index (χ2v) is 7.12. The molecule has 0 saturated carbocycles. The molecule has 6 heteroatoms. The van der Waals surface area contributed by atoms with Crippen LogP contribution in [0, 0.1) is 10.8 Å². The minimum atomic E-state index is -0.710. The van der Waals surface area contributed by atoms with Crippen LogP contribution < -0.4 is 0 Å². The first kappa shape index (κ1) is 11.9. The Hall–Kier alpha value is -0.880. The van der Waals surface area contributed by atoms with Crippen molar-refractivity contribution in [1.29, 1.82) is 0 Å². The number of rotatable bonds is 0. The highest BCUT2D eigenvalue weighted by Gasteiger charge is 2.77. The second-order valence-electron chi connectivity index (χ2n) is 6.05. The first-order valence-corrected chi connectivity index (χ1v) is 7.71. The lowest BCUT2D eigenvalue weighted by atomic mass is 9.59. The molecule has 4 rings (SSSR count). The molecular formula is C13H16N2O3S. The Bertz CT molecular complexity index is 500. The lowest BCUT2D eigenvalue weighted by molar-refractivity contribution is -0.139. The number of carbonyl (C=O) groups is 2. The number of nitrogens with zero attached hydrogens (tertiary/aromatic N) is 2. The molecule has 4 aliphatic rings. The molecule has 19 heavy (non-hydrogen) atoms. The Kier molecular flexibility index (Phi) is 2.14. The Morgan fingerprint density at radius 1 is 1.21 bits per heavy atom. The molecule has 0 aromatic heterocycles. The van der Waals surface area contributed by atoms with Crippen LogP contribution in [0.2, 0.25) is 0 Å². The first-order valence-electron chi connectivity index (χ1n) is 6.73. The van der Waals surface area contributed by atoms with E-state index in [1.165, 1.54) is 16.7 Å². The zero-order chi connectivity index (χ0) is 13.4. The number of imide groups is 1. The Balaban J connectivity index is 1.84. The van der Waals surface area contributed by atoms with Gasteiger partial charge in [0.1, 0.15) is 0 Å². The summed E-state index contributed by atoms with van der Waals surface area (Å²) in [5.41, 5.74) is -1.42. The summed E-state index contributed by atoms with van der Waals surface area (Å²) < 4.78 is 5.88. The summed E-state index contributed by atoms with van der Waals surface area (Å²) in [6.45, 7) is 4.49. The van der Waals surface area contributed by atoms with Crippen molar-refractivity contribution in [1.82, 2.24) is 4.90 Å². The molecule has 0 spiro atoms. The van der Waals surface area contributed by atoms with Crippen molar-refractivity contribution in [2.24, 2.45) is 15.8 Å². The summed E-state index contributed by atoms with van der Waals surface area (Å²) in [5.74, 6) is 0.629. The summed E-state index contributed by atoms with van der Waals surface area (Å²) in [7, 11) is 0. The van der Waals surface area contributed by atoms with Gasteiger partial charge in [0.05, 0.1) is 29.6 Å². The van der Waals surface area contributed by atoms with Crippen LogP contribution in [0.25, 0.3) is 0 Å². The van der Waals surface area contributed by atoms with E-state index in [-0.39, 0.29) is 24.0 Å². The van der Waals surface area contributed by atoms with Gasteiger partial charge < -0.3 is 4.74 Å². The van der Waals surface area contributed by atoms with Gasteiger partial charge in [-0.25, -0.2) is 4.90 Å². The van der Waals surface area contributed by atoms with E-state index >= 15 is 0 Å². The Morgan fingerprint density at radius 2 is 1.79 bits per heavy atom. The maximum Gasteiger partial charge on any atom is 0.245 e. The van der Waals surface area contributed by atoms with E-state index in [4.69, 9.17) is 4.74 Å². The third-order valence-corrected chi connectivity index (χ3v) is 6.40. The maximum absolute atomic E-state index is 12.8. The molecule has 0 aromatic carbocycles. The molecule has 0 unspecified atom stereocenters. The molecule has 0 aliphatic carbocycles. The zero-order valence-electron chi connectivity index (χ0n) is 11.0.